The Balaban J connectivity index is 1.71. The molecule has 0 atom stereocenters. The largest absolute Gasteiger partial charge is 0.492 e. The van der Waals surface area contributed by atoms with Gasteiger partial charge in [0.2, 0.25) is 5.91 Å². The highest BCUT2D eigenvalue weighted by atomic mass is 16.5. The van der Waals surface area contributed by atoms with Gasteiger partial charge in [0.05, 0.1) is 6.54 Å². The topological polar surface area (TPSA) is 74.8 Å². The third kappa shape index (κ3) is 6.24. The normalized spacial score (nSPS) is 16.2. The molecule has 0 aliphatic heterocycles. The fraction of sp³-hybridized carbons (Fsp3) is 0.600. The number of aliphatic imine (C=N–C) groups is 1. The van der Waals surface area contributed by atoms with E-state index in [1.54, 1.807) is 7.05 Å². The molecular formula is C20H32N4O2. The number of nitrogens with one attached hydrogen (secondary N) is 3. The van der Waals surface area contributed by atoms with Crippen LogP contribution in [0.3, 0.4) is 0 Å². The van der Waals surface area contributed by atoms with Crippen molar-refractivity contribution < 1.29 is 9.53 Å². The van der Waals surface area contributed by atoms with Gasteiger partial charge in [0.15, 0.2) is 5.96 Å². The Hall–Kier alpha value is -2.24. The second kappa shape index (κ2) is 10.0. The van der Waals surface area contributed by atoms with E-state index < -0.39 is 0 Å². The summed E-state index contributed by atoms with van der Waals surface area (Å²) in [5.41, 5.74) is 1.17. The SMILES string of the molecule is CCC1(CNC(=NC)NCCOc2cccc(NC(C)=O)c2)CCCC1. The molecule has 0 bridgehead atoms. The van der Waals surface area contributed by atoms with E-state index in [1.165, 1.54) is 39.0 Å². The summed E-state index contributed by atoms with van der Waals surface area (Å²) in [5.74, 6) is 1.46. The van der Waals surface area contributed by atoms with Crippen molar-refractivity contribution in [2.45, 2.75) is 46.0 Å². The van der Waals surface area contributed by atoms with Gasteiger partial charge in [-0.25, -0.2) is 0 Å². The van der Waals surface area contributed by atoms with Gasteiger partial charge in [0.25, 0.3) is 0 Å². The number of hydrogen-bond donors (Lipinski definition) is 3. The Labute approximate surface area is 156 Å². The Morgan fingerprint density at radius 1 is 1.27 bits per heavy atom. The predicted octanol–water partition coefficient (Wildman–Crippen LogP) is 3.16. The first-order valence-corrected chi connectivity index (χ1v) is 9.52. The number of guanidine groups is 1. The lowest BCUT2D eigenvalue weighted by atomic mass is 9.83. The van der Waals surface area contributed by atoms with E-state index in [0.717, 1.165) is 23.9 Å². The van der Waals surface area contributed by atoms with E-state index in [1.807, 2.05) is 24.3 Å². The molecule has 1 aromatic carbocycles. The van der Waals surface area contributed by atoms with E-state index >= 15 is 0 Å². The lowest BCUT2D eigenvalue weighted by molar-refractivity contribution is -0.114. The molecule has 1 amide bonds. The molecule has 0 heterocycles. The molecule has 3 N–H and O–H groups in total. The van der Waals surface area contributed by atoms with Crippen molar-refractivity contribution in [2.24, 2.45) is 10.4 Å². The van der Waals surface area contributed by atoms with Crippen LogP contribution in [0.1, 0.15) is 46.0 Å². The van der Waals surface area contributed by atoms with E-state index in [9.17, 15) is 4.79 Å². The quantitative estimate of drug-likeness (QED) is 0.378. The first-order chi connectivity index (χ1) is 12.6. The van der Waals surface area contributed by atoms with Gasteiger partial charge in [-0.1, -0.05) is 25.8 Å². The predicted molar refractivity (Wildman–Crippen MR) is 107 cm³/mol. The molecular weight excluding hydrogens is 328 g/mol. The van der Waals surface area contributed by atoms with Gasteiger partial charge in [0, 0.05) is 32.3 Å². The molecule has 6 nitrogen and oxygen atoms in total. The number of rotatable bonds is 8. The van der Waals surface area contributed by atoms with E-state index in [0.29, 0.717) is 18.6 Å². The third-order valence-corrected chi connectivity index (χ3v) is 5.09. The zero-order valence-electron chi connectivity index (χ0n) is 16.2. The molecule has 1 saturated carbocycles. The summed E-state index contributed by atoms with van der Waals surface area (Å²) < 4.78 is 5.75. The van der Waals surface area contributed by atoms with Gasteiger partial charge in [-0.3, -0.25) is 9.79 Å². The molecule has 1 aliphatic rings. The van der Waals surface area contributed by atoms with Crippen LogP contribution in [0.15, 0.2) is 29.3 Å². The van der Waals surface area contributed by atoms with Crippen LogP contribution in [0.25, 0.3) is 0 Å². The summed E-state index contributed by atoms with van der Waals surface area (Å²) >= 11 is 0. The number of hydrogen-bond acceptors (Lipinski definition) is 3. The number of benzene rings is 1. The van der Waals surface area contributed by atoms with Crippen LogP contribution < -0.4 is 20.7 Å². The average molecular weight is 361 g/mol. The number of anilines is 1. The van der Waals surface area contributed by atoms with Crippen molar-refractivity contribution in [1.82, 2.24) is 10.6 Å². The van der Waals surface area contributed by atoms with Gasteiger partial charge in [0.1, 0.15) is 12.4 Å². The number of amides is 1. The molecule has 144 valence electrons. The van der Waals surface area contributed by atoms with Crippen LogP contribution in [0, 0.1) is 5.41 Å². The minimum atomic E-state index is -0.0918. The maximum Gasteiger partial charge on any atom is 0.221 e. The molecule has 0 aromatic heterocycles. The average Bonchev–Trinajstić information content (AvgIpc) is 3.10. The van der Waals surface area contributed by atoms with Crippen molar-refractivity contribution >= 4 is 17.6 Å². The molecule has 1 aliphatic carbocycles. The molecule has 0 radical (unpaired) electrons. The summed E-state index contributed by atoms with van der Waals surface area (Å²) in [6.45, 7) is 5.92. The smallest absolute Gasteiger partial charge is 0.221 e. The van der Waals surface area contributed by atoms with Crippen LogP contribution in [0.5, 0.6) is 5.75 Å². The zero-order chi connectivity index (χ0) is 18.8. The van der Waals surface area contributed by atoms with Gasteiger partial charge < -0.3 is 20.7 Å². The number of carbonyl (C=O) groups is 1. The maximum atomic E-state index is 11.1. The van der Waals surface area contributed by atoms with Crippen LogP contribution >= 0.6 is 0 Å². The highest BCUT2D eigenvalue weighted by Gasteiger charge is 2.31. The maximum absolute atomic E-state index is 11.1. The lowest BCUT2D eigenvalue weighted by Crippen LogP contribution is -2.44. The van der Waals surface area contributed by atoms with Gasteiger partial charge >= 0.3 is 0 Å². The summed E-state index contributed by atoms with van der Waals surface area (Å²) in [5, 5.41) is 9.52. The van der Waals surface area contributed by atoms with Gasteiger partial charge in [-0.2, -0.15) is 0 Å². The Bertz CT molecular complexity index is 610. The van der Waals surface area contributed by atoms with Gasteiger partial charge in [-0.05, 0) is 36.8 Å². The van der Waals surface area contributed by atoms with Crippen LogP contribution in [0.4, 0.5) is 5.69 Å². The molecule has 26 heavy (non-hydrogen) atoms. The summed E-state index contributed by atoms with van der Waals surface area (Å²) in [7, 11) is 1.79. The number of ether oxygens (including phenoxy) is 1. The molecule has 0 unspecified atom stereocenters. The van der Waals surface area contributed by atoms with Crippen molar-refractivity contribution in [1.29, 1.82) is 0 Å². The summed E-state index contributed by atoms with van der Waals surface area (Å²) in [4.78, 5) is 15.4. The fourth-order valence-corrected chi connectivity index (χ4v) is 3.48. The Morgan fingerprint density at radius 3 is 2.69 bits per heavy atom. The van der Waals surface area contributed by atoms with Gasteiger partial charge in [-0.15, -0.1) is 0 Å². The van der Waals surface area contributed by atoms with Crippen molar-refractivity contribution in [2.75, 3.05) is 32.1 Å². The van der Waals surface area contributed by atoms with Crippen molar-refractivity contribution in [3.8, 4) is 5.75 Å². The monoisotopic (exact) mass is 360 g/mol. The highest BCUT2D eigenvalue weighted by molar-refractivity contribution is 5.88. The van der Waals surface area contributed by atoms with E-state index in [4.69, 9.17) is 4.74 Å². The molecule has 1 aromatic rings. The summed E-state index contributed by atoms with van der Waals surface area (Å²) in [6, 6.07) is 7.40. The Morgan fingerprint density at radius 2 is 2.04 bits per heavy atom. The van der Waals surface area contributed by atoms with E-state index in [-0.39, 0.29) is 5.91 Å². The third-order valence-electron chi connectivity index (χ3n) is 5.09. The van der Waals surface area contributed by atoms with Crippen LogP contribution in [-0.4, -0.2) is 38.6 Å². The van der Waals surface area contributed by atoms with Crippen molar-refractivity contribution in [3.05, 3.63) is 24.3 Å². The number of carbonyl (C=O) groups excluding carboxylic acids is 1. The first kappa shape index (κ1) is 20.1. The highest BCUT2D eigenvalue weighted by Crippen LogP contribution is 2.40. The molecule has 2 rings (SSSR count). The minimum Gasteiger partial charge on any atom is -0.492 e. The van der Waals surface area contributed by atoms with Crippen molar-refractivity contribution in [3.63, 3.8) is 0 Å². The number of nitrogens with zero attached hydrogens (tertiary/aromatic N) is 1. The Kier molecular flexibility index (Phi) is 7.75. The lowest BCUT2D eigenvalue weighted by Gasteiger charge is -2.28. The standard InChI is InChI=1S/C20H32N4O2/c1-4-20(10-5-6-11-20)15-23-19(21-3)22-12-13-26-18-9-7-8-17(14-18)24-16(2)25/h7-9,14H,4-6,10-13,15H2,1-3H3,(H,24,25)(H2,21,22,23). The van der Waals surface area contributed by atoms with Crippen LogP contribution in [-0.2, 0) is 4.79 Å². The first-order valence-electron chi connectivity index (χ1n) is 9.52. The molecule has 6 heteroatoms. The minimum absolute atomic E-state index is 0.0918. The zero-order valence-corrected chi connectivity index (χ0v) is 16.2. The van der Waals surface area contributed by atoms with Crippen LogP contribution in [0.2, 0.25) is 0 Å². The van der Waals surface area contributed by atoms with E-state index in [2.05, 4.69) is 27.9 Å². The molecule has 0 spiro atoms. The second-order valence-corrected chi connectivity index (χ2v) is 6.97. The fourth-order valence-electron chi connectivity index (χ4n) is 3.48. The molecule has 1 fully saturated rings. The summed E-state index contributed by atoms with van der Waals surface area (Å²) in [6.07, 6.45) is 6.51. The second-order valence-electron chi connectivity index (χ2n) is 6.97. The molecule has 0 saturated heterocycles.